The van der Waals surface area contributed by atoms with Crippen molar-refractivity contribution >= 4 is 5.91 Å². The minimum atomic E-state index is -0.226. The number of likely N-dealkylation sites (tertiary alicyclic amines) is 1. The summed E-state index contributed by atoms with van der Waals surface area (Å²) in [5.41, 5.74) is 0.168. The maximum atomic E-state index is 12.3. The van der Waals surface area contributed by atoms with Gasteiger partial charge in [-0.05, 0) is 18.4 Å². The van der Waals surface area contributed by atoms with E-state index < -0.39 is 0 Å². The van der Waals surface area contributed by atoms with E-state index in [1.54, 1.807) is 12.1 Å². The first kappa shape index (κ1) is 10.5. The topological polar surface area (TPSA) is 65.2 Å². The quantitative estimate of drug-likeness (QED) is 0.706. The third-order valence-corrected chi connectivity index (χ3v) is 3.70. The van der Waals surface area contributed by atoms with Crippen LogP contribution in [0.5, 0.6) is 0 Å². The van der Waals surface area contributed by atoms with Crippen molar-refractivity contribution in [2.24, 2.45) is 5.92 Å². The van der Waals surface area contributed by atoms with Crippen LogP contribution in [-0.4, -0.2) is 41.5 Å². The summed E-state index contributed by atoms with van der Waals surface area (Å²) in [5, 5.41) is 3.31. The smallest absolute Gasteiger partial charge is 0.270 e. The van der Waals surface area contributed by atoms with Gasteiger partial charge in [-0.15, -0.1) is 0 Å². The molecule has 2 atom stereocenters. The number of aromatic nitrogens is 1. The molecule has 0 spiro atoms. The van der Waals surface area contributed by atoms with E-state index in [0.717, 1.165) is 26.1 Å². The minimum absolute atomic E-state index is 0.0566. The van der Waals surface area contributed by atoms with E-state index in [9.17, 15) is 9.59 Å². The summed E-state index contributed by atoms with van der Waals surface area (Å²) in [6.45, 7) is 2.67. The second-order valence-corrected chi connectivity index (χ2v) is 4.70. The van der Waals surface area contributed by atoms with Crippen LogP contribution in [0.2, 0.25) is 0 Å². The Labute approximate surface area is 98.8 Å². The summed E-state index contributed by atoms with van der Waals surface area (Å²) in [4.78, 5) is 28.0. The van der Waals surface area contributed by atoms with E-state index >= 15 is 0 Å². The van der Waals surface area contributed by atoms with Crippen LogP contribution < -0.4 is 10.9 Å². The number of nitrogens with one attached hydrogen (secondary N) is 2. The highest BCUT2D eigenvalue weighted by Gasteiger charge is 2.40. The summed E-state index contributed by atoms with van der Waals surface area (Å²) >= 11 is 0. The van der Waals surface area contributed by atoms with Gasteiger partial charge in [0.25, 0.3) is 5.91 Å². The predicted octanol–water partition coefficient (Wildman–Crippen LogP) is -0.191. The first-order valence-corrected chi connectivity index (χ1v) is 5.97. The molecular formula is C12H15N3O2. The standard InChI is InChI=1S/C12H15N3O2/c16-11-3-1-2-9(14-11)12(17)15-5-4-8-6-13-7-10(8)15/h1-3,8,10,13H,4-7H2,(H,14,16)/t8-,10+/m0/s1. The Balaban J connectivity index is 1.85. The van der Waals surface area contributed by atoms with Crippen LogP contribution in [0.4, 0.5) is 0 Å². The Bertz CT molecular complexity index is 497. The Kier molecular flexibility index (Phi) is 2.48. The third kappa shape index (κ3) is 1.76. The van der Waals surface area contributed by atoms with Gasteiger partial charge in [0.15, 0.2) is 0 Å². The molecule has 90 valence electrons. The van der Waals surface area contributed by atoms with Crippen molar-refractivity contribution in [3.63, 3.8) is 0 Å². The summed E-state index contributed by atoms with van der Waals surface area (Å²) in [7, 11) is 0. The Hall–Kier alpha value is -1.62. The summed E-state index contributed by atoms with van der Waals surface area (Å²) in [6, 6.07) is 5.00. The lowest BCUT2D eigenvalue weighted by Crippen LogP contribution is -2.39. The number of hydrogen-bond acceptors (Lipinski definition) is 3. The molecule has 0 aromatic carbocycles. The van der Waals surface area contributed by atoms with Crippen LogP contribution in [0.15, 0.2) is 23.0 Å². The Morgan fingerprint density at radius 2 is 2.24 bits per heavy atom. The lowest BCUT2D eigenvalue weighted by molar-refractivity contribution is 0.0731. The van der Waals surface area contributed by atoms with Gasteiger partial charge in [0.2, 0.25) is 5.56 Å². The zero-order valence-corrected chi connectivity index (χ0v) is 9.48. The average Bonchev–Trinajstić information content (AvgIpc) is 2.89. The van der Waals surface area contributed by atoms with Gasteiger partial charge in [-0.3, -0.25) is 9.59 Å². The molecule has 0 radical (unpaired) electrons. The van der Waals surface area contributed by atoms with Gasteiger partial charge in [0.05, 0.1) is 0 Å². The van der Waals surface area contributed by atoms with Crippen LogP contribution in [0, 0.1) is 5.92 Å². The second-order valence-electron chi connectivity index (χ2n) is 4.70. The molecule has 2 aliphatic heterocycles. The molecule has 0 unspecified atom stereocenters. The number of H-pyrrole nitrogens is 1. The van der Waals surface area contributed by atoms with Crippen molar-refractivity contribution in [3.05, 3.63) is 34.2 Å². The van der Waals surface area contributed by atoms with Gasteiger partial charge in [-0.2, -0.15) is 0 Å². The zero-order chi connectivity index (χ0) is 11.8. The van der Waals surface area contributed by atoms with Crippen molar-refractivity contribution in [1.29, 1.82) is 0 Å². The number of nitrogens with zero attached hydrogens (tertiary/aromatic N) is 1. The van der Waals surface area contributed by atoms with Crippen LogP contribution >= 0.6 is 0 Å². The number of amides is 1. The van der Waals surface area contributed by atoms with E-state index in [1.165, 1.54) is 6.07 Å². The van der Waals surface area contributed by atoms with Gasteiger partial charge in [0, 0.05) is 31.7 Å². The van der Waals surface area contributed by atoms with Crippen LogP contribution in [0.1, 0.15) is 16.9 Å². The fourth-order valence-corrected chi connectivity index (χ4v) is 2.83. The van der Waals surface area contributed by atoms with Crippen molar-refractivity contribution in [2.75, 3.05) is 19.6 Å². The fourth-order valence-electron chi connectivity index (χ4n) is 2.83. The van der Waals surface area contributed by atoms with Gasteiger partial charge in [-0.25, -0.2) is 0 Å². The molecule has 2 fully saturated rings. The van der Waals surface area contributed by atoms with E-state index in [4.69, 9.17) is 0 Å². The molecule has 17 heavy (non-hydrogen) atoms. The number of pyridine rings is 1. The Morgan fingerprint density at radius 1 is 1.35 bits per heavy atom. The fraction of sp³-hybridized carbons (Fsp3) is 0.500. The lowest BCUT2D eigenvalue weighted by atomic mass is 10.1. The Morgan fingerprint density at radius 3 is 3.06 bits per heavy atom. The number of carbonyl (C=O) groups excluding carboxylic acids is 1. The van der Waals surface area contributed by atoms with Crippen molar-refractivity contribution < 1.29 is 4.79 Å². The highest BCUT2D eigenvalue weighted by molar-refractivity contribution is 5.92. The molecular weight excluding hydrogens is 218 g/mol. The monoisotopic (exact) mass is 233 g/mol. The summed E-state index contributed by atoms with van der Waals surface area (Å²) in [6.07, 6.45) is 1.06. The number of hydrogen-bond donors (Lipinski definition) is 2. The third-order valence-electron chi connectivity index (χ3n) is 3.70. The molecule has 1 aromatic heterocycles. The molecule has 0 aliphatic carbocycles. The normalized spacial score (nSPS) is 27.2. The number of fused-ring (bicyclic) bond motifs is 1. The van der Waals surface area contributed by atoms with E-state index in [1.807, 2.05) is 4.90 Å². The maximum Gasteiger partial charge on any atom is 0.270 e. The van der Waals surface area contributed by atoms with Crippen molar-refractivity contribution in [3.8, 4) is 0 Å². The molecule has 1 aromatic rings. The summed E-state index contributed by atoms with van der Waals surface area (Å²) in [5.74, 6) is 0.522. The van der Waals surface area contributed by atoms with Gasteiger partial charge < -0.3 is 15.2 Å². The zero-order valence-electron chi connectivity index (χ0n) is 9.48. The highest BCUT2D eigenvalue weighted by Crippen LogP contribution is 2.27. The first-order valence-electron chi connectivity index (χ1n) is 5.97. The molecule has 3 heterocycles. The molecule has 3 rings (SSSR count). The second kappa shape index (κ2) is 4.00. The number of aromatic amines is 1. The van der Waals surface area contributed by atoms with Gasteiger partial charge in [0.1, 0.15) is 5.69 Å². The number of carbonyl (C=O) groups is 1. The minimum Gasteiger partial charge on any atom is -0.333 e. The largest absolute Gasteiger partial charge is 0.333 e. The van der Waals surface area contributed by atoms with Gasteiger partial charge in [-0.1, -0.05) is 6.07 Å². The van der Waals surface area contributed by atoms with E-state index in [-0.39, 0.29) is 11.5 Å². The van der Waals surface area contributed by atoms with Crippen molar-refractivity contribution in [2.45, 2.75) is 12.5 Å². The molecule has 0 saturated carbocycles. The average molecular weight is 233 g/mol. The molecule has 5 heteroatoms. The maximum absolute atomic E-state index is 12.3. The van der Waals surface area contributed by atoms with Crippen LogP contribution in [0.25, 0.3) is 0 Å². The van der Waals surface area contributed by atoms with Crippen LogP contribution in [0.3, 0.4) is 0 Å². The van der Waals surface area contributed by atoms with E-state index in [0.29, 0.717) is 17.7 Å². The molecule has 5 nitrogen and oxygen atoms in total. The first-order chi connectivity index (χ1) is 8.25. The highest BCUT2D eigenvalue weighted by atomic mass is 16.2. The molecule has 2 N–H and O–H groups in total. The SMILES string of the molecule is O=C(c1cccc(=O)[nH]1)N1CC[C@H]2CNC[C@H]21. The molecule has 2 aliphatic rings. The summed E-state index contributed by atoms with van der Waals surface area (Å²) < 4.78 is 0. The lowest BCUT2D eigenvalue weighted by Gasteiger charge is -2.23. The van der Waals surface area contributed by atoms with Crippen LogP contribution in [-0.2, 0) is 0 Å². The number of rotatable bonds is 1. The molecule has 0 bridgehead atoms. The van der Waals surface area contributed by atoms with Crippen molar-refractivity contribution in [1.82, 2.24) is 15.2 Å². The predicted molar refractivity (Wildman–Crippen MR) is 62.9 cm³/mol. The van der Waals surface area contributed by atoms with E-state index in [2.05, 4.69) is 10.3 Å². The molecule has 2 saturated heterocycles. The molecule has 1 amide bonds. The van der Waals surface area contributed by atoms with Gasteiger partial charge >= 0.3 is 0 Å².